The molecule has 0 N–H and O–H groups in total. The quantitative estimate of drug-likeness (QED) is 0.108. The van der Waals surface area contributed by atoms with E-state index in [2.05, 4.69) is 445 Å². The van der Waals surface area contributed by atoms with Crippen LogP contribution in [0.5, 0.6) is 0 Å². The summed E-state index contributed by atoms with van der Waals surface area (Å²) in [6, 6.07) is 148. The Kier molecular flexibility index (Phi) is 16.8. The van der Waals surface area contributed by atoms with Crippen molar-refractivity contribution < 1.29 is 0 Å². The van der Waals surface area contributed by atoms with Crippen molar-refractivity contribution in [2.24, 2.45) is 0 Å². The van der Waals surface area contributed by atoms with E-state index in [0.717, 1.165) is 128 Å². The molecule has 5 heteroatoms. The highest BCUT2D eigenvalue weighted by atomic mass is 15.0. The van der Waals surface area contributed by atoms with Crippen molar-refractivity contribution in [2.45, 2.75) is 52.4 Å². The molecular formula is C114H83BN4. The number of hydrogen-bond donors (Lipinski definition) is 0. The van der Waals surface area contributed by atoms with Gasteiger partial charge >= 0.3 is 0 Å². The van der Waals surface area contributed by atoms with Crippen molar-refractivity contribution in [2.75, 3.05) is 0 Å². The van der Waals surface area contributed by atoms with Crippen LogP contribution in [0.25, 0.3) is 200 Å². The summed E-state index contributed by atoms with van der Waals surface area (Å²) >= 11 is 0. The zero-order chi connectivity index (χ0) is 79.8. The molecule has 0 radical (unpaired) electrons. The number of aromatic nitrogens is 4. The van der Waals surface area contributed by atoms with E-state index < -0.39 is 0 Å². The third kappa shape index (κ3) is 12.4. The summed E-state index contributed by atoms with van der Waals surface area (Å²) in [5, 5.41) is 4.80. The molecule has 562 valence electrons. The van der Waals surface area contributed by atoms with Crippen LogP contribution in [0.1, 0.15) is 52.7 Å². The topological polar surface area (TPSA) is 35.6 Å². The van der Waals surface area contributed by atoms with Gasteiger partial charge in [-0.1, -0.05) is 345 Å². The fourth-order valence-electron chi connectivity index (χ4n) is 19.0. The van der Waals surface area contributed by atoms with Gasteiger partial charge in [-0.15, -0.1) is 0 Å². The first-order chi connectivity index (χ1) is 58.2. The first kappa shape index (κ1) is 71.1. The van der Waals surface area contributed by atoms with Crippen molar-refractivity contribution >= 4 is 66.7 Å². The lowest BCUT2D eigenvalue weighted by atomic mass is 9.34. The molecule has 2 aliphatic rings. The van der Waals surface area contributed by atoms with Crippen molar-refractivity contribution in [3.63, 3.8) is 0 Å². The van der Waals surface area contributed by atoms with Crippen LogP contribution in [0.3, 0.4) is 0 Å². The summed E-state index contributed by atoms with van der Waals surface area (Å²) in [6.45, 7) is 13.6. The van der Waals surface area contributed by atoms with Crippen LogP contribution in [0.4, 0.5) is 0 Å². The van der Waals surface area contributed by atoms with E-state index in [0.29, 0.717) is 5.82 Å². The Morgan fingerprint density at radius 3 is 0.815 bits per heavy atom. The molecule has 119 heavy (non-hydrogen) atoms. The summed E-state index contributed by atoms with van der Waals surface area (Å²) in [4.78, 5) is 12.0. The molecule has 22 rings (SSSR count). The van der Waals surface area contributed by atoms with Gasteiger partial charge in [0.15, 0.2) is 5.82 Å². The van der Waals surface area contributed by atoms with Crippen molar-refractivity contribution in [1.29, 1.82) is 0 Å². The van der Waals surface area contributed by atoms with Gasteiger partial charge in [0.05, 0.1) is 22.4 Å². The van der Waals surface area contributed by atoms with Gasteiger partial charge in [-0.3, -0.25) is 0 Å². The normalized spacial score (nSPS) is 12.3. The number of rotatable bonds is 13. The Morgan fingerprint density at radius 2 is 0.496 bits per heavy atom. The zero-order valence-corrected chi connectivity index (χ0v) is 67.4. The van der Waals surface area contributed by atoms with Gasteiger partial charge in [0.2, 0.25) is 0 Å². The van der Waals surface area contributed by atoms with Gasteiger partial charge in [0.1, 0.15) is 0 Å². The van der Waals surface area contributed by atoms with E-state index in [1.807, 2.05) is 0 Å². The summed E-state index contributed by atoms with van der Waals surface area (Å²) in [5.41, 5.74) is 40.3. The van der Waals surface area contributed by atoms with E-state index in [4.69, 9.17) is 9.97 Å². The lowest BCUT2D eigenvalue weighted by Crippen LogP contribution is -2.59. The van der Waals surface area contributed by atoms with E-state index in [1.54, 1.807) is 0 Å². The maximum atomic E-state index is 6.10. The minimum Gasteiger partial charge on any atom is -0.310 e. The lowest BCUT2D eigenvalue weighted by molar-refractivity contribution is 0.590. The molecule has 0 bridgehead atoms. The number of benzene rings is 17. The predicted octanol–water partition coefficient (Wildman–Crippen LogP) is 28.1. The van der Waals surface area contributed by atoms with Gasteiger partial charge < -0.3 is 9.13 Å². The second kappa shape index (κ2) is 28.2. The Balaban J connectivity index is 0.923. The summed E-state index contributed by atoms with van der Waals surface area (Å²) in [5.74, 6) is 0.618. The van der Waals surface area contributed by atoms with E-state index in [-0.39, 0.29) is 17.5 Å². The number of nitrogens with zero attached hydrogens (tertiary/aromatic N) is 4. The monoisotopic (exact) mass is 1520 g/mol. The average Bonchev–Trinajstić information content (AvgIpc) is 1.52. The van der Waals surface area contributed by atoms with E-state index >= 15 is 0 Å². The second-order valence-corrected chi connectivity index (χ2v) is 34.4. The molecule has 0 amide bonds. The molecule has 2 aliphatic heterocycles. The Morgan fingerprint density at radius 1 is 0.227 bits per heavy atom. The third-order valence-electron chi connectivity index (χ3n) is 24.9. The van der Waals surface area contributed by atoms with Crippen molar-refractivity contribution in [1.82, 2.24) is 19.1 Å². The van der Waals surface area contributed by atoms with Gasteiger partial charge in [-0.05, 0) is 241 Å². The van der Waals surface area contributed by atoms with E-state index in [9.17, 15) is 0 Å². The Bertz CT molecular complexity index is 6840. The third-order valence-corrected chi connectivity index (χ3v) is 24.9. The lowest BCUT2D eigenvalue weighted by Gasteiger charge is -2.35. The van der Waals surface area contributed by atoms with Gasteiger partial charge in [-0.25, -0.2) is 9.97 Å². The minimum atomic E-state index is -0.288. The highest BCUT2D eigenvalue weighted by Gasteiger charge is 2.43. The highest BCUT2D eigenvalue weighted by molar-refractivity contribution is 7.00. The molecule has 0 unspecified atom stereocenters. The average molecular weight is 1520 g/mol. The van der Waals surface area contributed by atoms with Crippen LogP contribution in [-0.4, -0.2) is 25.8 Å². The van der Waals surface area contributed by atoms with Gasteiger partial charge in [-0.2, -0.15) is 0 Å². The molecule has 0 atom stereocenters. The summed E-state index contributed by atoms with van der Waals surface area (Å²) in [6.07, 6.45) is 0. The zero-order valence-electron chi connectivity index (χ0n) is 67.4. The summed E-state index contributed by atoms with van der Waals surface area (Å²) in [7, 11) is 0. The second-order valence-electron chi connectivity index (χ2n) is 34.4. The van der Waals surface area contributed by atoms with Crippen LogP contribution >= 0.6 is 0 Å². The maximum Gasteiger partial charge on any atom is 0.252 e. The van der Waals surface area contributed by atoms with Crippen LogP contribution in [0.2, 0.25) is 0 Å². The molecular weight excluding hydrogens is 1440 g/mol. The molecule has 20 aromatic rings. The smallest absolute Gasteiger partial charge is 0.252 e. The molecule has 0 fully saturated rings. The van der Waals surface area contributed by atoms with Crippen LogP contribution in [-0.2, 0) is 10.8 Å². The molecule has 0 aliphatic carbocycles. The van der Waals surface area contributed by atoms with Gasteiger partial charge in [0.25, 0.3) is 6.71 Å². The SMILES string of the molecule is CC(C)(C)c1ccc(-c2cc3c4c(c2)c2c(-c5ccccc5)cc(-c5ccccc5)cc2n4-c2cc(-c4cc(-c5cc(-c6ccccc6)cc(-c6ccccc6)c5)nc(-c5cc(-c6ccccc6)cc(-c6ccccc6)c5)n4)cc4c2B3c2cc(-c3ccc(C(C)(C)C)cc3)cc3c5c(-c6ccccc6)cc(-c6ccccc6)cc5n-4c23)cc1. The first-order valence-electron chi connectivity index (χ1n) is 41.6. The van der Waals surface area contributed by atoms with Crippen LogP contribution in [0.15, 0.2) is 394 Å². The molecule has 0 saturated carbocycles. The molecule has 4 nitrogen and oxygen atoms in total. The number of fused-ring (bicyclic) bond motifs is 10. The standard InChI is InChI=1S/C114H83BN4/c1-113(2,3)93-51-47-78(48-52-93)86-63-97-107-95(80-43-27-13-28-44-80)61-88(76-39-23-11-24-40-76)67-103(107)118-105-69-91(102-71-101(90-57-82(72-31-15-7-16-32-72)55-83(58-90)73-33-17-8-18-34-73)116-112(117-102)92-59-84(74-35-19-9-20-36-74)56-85(60-92)75-37-21-10-22-38-75)70-106-109(105)115(99(65-86)110(97)118)100-66-87(79-49-53-94(54-50-79)114(4,5)6)64-98-108-96(81-45-29-14-30-46-81)62-89(77-41-25-12-26-42-77)68-104(108)119(106)111(98)100/h7-71H,1-6H3. The molecule has 0 spiro atoms. The predicted molar refractivity (Wildman–Crippen MR) is 503 cm³/mol. The molecule has 3 aromatic heterocycles. The van der Waals surface area contributed by atoms with Gasteiger partial charge in [0, 0.05) is 60.6 Å². The Labute approximate surface area is 695 Å². The minimum absolute atomic E-state index is 0.0399. The molecule has 17 aromatic carbocycles. The van der Waals surface area contributed by atoms with Crippen molar-refractivity contribution in [3.05, 3.63) is 405 Å². The summed E-state index contributed by atoms with van der Waals surface area (Å²) < 4.78 is 5.37. The largest absolute Gasteiger partial charge is 0.310 e. The molecule has 0 saturated heterocycles. The number of hydrogen-bond acceptors (Lipinski definition) is 2. The molecule has 5 heterocycles. The first-order valence-corrected chi connectivity index (χ1v) is 41.6. The fourth-order valence-corrected chi connectivity index (χ4v) is 19.0. The van der Waals surface area contributed by atoms with Crippen LogP contribution < -0.4 is 16.4 Å². The fraction of sp³-hybridized carbons (Fsp3) is 0.0702. The van der Waals surface area contributed by atoms with E-state index in [1.165, 1.54) is 93.5 Å². The maximum absolute atomic E-state index is 6.10. The highest BCUT2D eigenvalue weighted by Crippen LogP contribution is 2.50. The Hall–Kier alpha value is -14.5. The van der Waals surface area contributed by atoms with Crippen molar-refractivity contribution in [3.8, 4) is 157 Å². The van der Waals surface area contributed by atoms with Crippen LogP contribution in [0, 0.1) is 0 Å².